The lowest BCUT2D eigenvalue weighted by Crippen LogP contribution is -2.04. The van der Waals surface area contributed by atoms with Gasteiger partial charge in [0.25, 0.3) is 0 Å². The summed E-state index contributed by atoms with van der Waals surface area (Å²) in [5, 5.41) is 9.00. The fourth-order valence-electron chi connectivity index (χ4n) is 2.69. The molecule has 5 heteroatoms. The van der Waals surface area contributed by atoms with Gasteiger partial charge in [0.15, 0.2) is 0 Å². The molecule has 2 aromatic rings. The minimum atomic E-state index is -0.916. The van der Waals surface area contributed by atoms with Gasteiger partial charge in [-0.2, -0.15) is 0 Å². The van der Waals surface area contributed by atoms with E-state index in [1.165, 1.54) is 25.7 Å². The highest BCUT2D eigenvalue weighted by Gasteiger charge is 2.22. The zero-order chi connectivity index (χ0) is 12.0. The van der Waals surface area contributed by atoms with Crippen LogP contribution < -0.4 is 0 Å². The van der Waals surface area contributed by atoms with Crippen LogP contribution in [-0.4, -0.2) is 25.0 Å². The van der Waals surface area contributed by atoms with Gasteiger partial charge in [-0.05, 0) is 12.8 Å². The fraction of sp³-hybridized carbons (Fsp3) is 0.500. The maximum atomic E-state index is 11.0. The molecule has 1 aliphatic carbocycles. The molecule has 0 aliphatic heterocycles. The Balaban J connectivity index is 2.05. The molecule has 1 aliphatic rings. The van der Waals surface area contributed by atoms with Gasteiger partial charge in [0.2, 0.25) is 5.78 Å². The Morgan fingerprint density at radius 1 is 1.41 bits per heavy atom. The molecule has 2 heterocycles. The number of hydrogen-bond donors (Lipinski definition) is 1. The Bertz CT molecular complexity index is 576. The highest BCUT2D eigenvalue weighted by molar-refractivity contribution is 5.86. The molecule has 0 spiro atoms. The van der Waals surface area contributed by atoms with Crippen molar-refractivity contribution in [3.05, 3.63) is 23.8 Å². The molecule has 1 N–H and O–H groups in total. The van der Waals surface area contributed by atoms with Gasteiger partial charge in [-0.1, -0.05) is 12.8 Å². The summed E-state index contributed by atoms with van der Waals surface area (Å²) in [6.07, 6.45) is 8.56. The van der Waals surface area contributed by atoms with E-state index >= 15 is 0 Å². The van der Waals surface area contributed by atoms with Crippen molar-refractivity contribution in [2.45, 2.75) is 31.6 Å². The standard InChI is InChI=1S/C12H15N3O2/c1-14-10(11(16)17)7-15-6-9(13-12(14)15)8-4-2-3-5-8/h6-8H,2-5H2,1H3,(H,16,17). The minimum absolute atomic E-state index is 0.269. The van der Waals surface area contributed by atoms with Crippen LogP contribution in [0.1, 0.15) is 47.8 Å². The van der Waals surface area contributed by atoms with E-state index in [2.05, 4.69) is 4.98 Å². The summed E-state index contributed by atoms with van der Waals surface area (Å²) >= 11 is 0. The Kier molecular flexibility index (Phi) is 2.21. The summed E-state index contributed by atoms with van der Waals surface area (Å²) in [5.41, 5.74) is 1.37. The number of carboxylic acids is 1. The lowest BCUT2D eigenvalue weighted by molar-refractivity contribution is 0.0686. The molecule has 0 unspecified atom stereocenters. The zero-order valence-electron chi connectivity index (χ0n) is 9.76. The second-order valence-electron chi connectivity index (χ2n) is 4.73. The van der Waals surface area contributed by atoms with E-state index in [1.54, 1.807) is 17.8 Å². The molecule has 0 aromatic carbocycles. The molecule has 3 rings (SSSR count). The molecule has 0 radical (unpaired) electrons. The summed E-state index contributed by atoms with van der Waals surface area (Å²) in [7, 11) is 1.74. The van der Waals surface area contributed by atoms with E-state index in [1.807, 2.05) is 10.6 Å². The molecule has 0 atom stereocenters. The molecule has 17 heavy (non-hydrogen) atoms. The zero-order valence-corrected chi connectivity index (χ0v) is 9.76. The van der Waals surface area contributed by atoms with Crippen LogP contribution in [0.3, 0.4) is 0 Å². The fourth-order valence-corrected chi connectivity index (χ4v) is 2.69. The van der Waals surface area contributed by atoms with E-state index in [4.69, 9.17) is 5.11 Å². The average molecular weight is 233 g/mol. The minimum Gasteiger partial charge on any atom is -0.477 e. The van der Waals surface area contributed by atoms with Gasteiger partial charge < -0.3 is 9.67 Å². The number of imidazole rings is 2. The van der Waals surface area contributed by atoms with Crippen molar-refractivity contribution in [3.8, 4) is 0 Å². The maximum Gasteiger partial charge on any atom is 0.354 e. The van der Waals surface area contributed by atoms with E-state index in [-0.39, 0.29) is 5.69 Å². The van der Waals surface area contributed by atoms with Crippen molar-refractivity contribution in [1.29, 1.82) is 0 Å². The number of aromatic carboxylic acids is 1. The number of nitrogens with zero attached hydrogens (tertiary/aromatic N) is 3. The summed E-state index contributed by atoms with van der Waals surface area (Å²) in [6.45, 7) is 0. The first kappa shape index (κ1) is 10.4. The topological polar surface area (TPSA) is 59.5 Å². The molecule has 2 aromatic heterocycles. The number of hydrogen-bond acceptors (Lipinski definition) is 2. The molecule has 90 valence electrons. The Morgan fingerprint density at radius 2 is 2.12 bits per heavy atom. The van der Waals surface area contributed by atoms with Crippen LogP contribution >= 0.6 is 0 Å². The van der Waals surface area contributed by atoms with Crippen LogP contribution in [0, 0.1) is 0 Å². The van der Waals surface area contributed by atoms with E-state index < -0.39 is 5.97 Å². The van der Waals surface area contributed by atoms with Crippen LogP contribution in [0.15, 0.2) is 12.4 Å². The van der Waals surface area contributed by atoms with Gasteiger partial charge >= 0.3 is 5.97 Å². The number of aromatic nitrogens is 3. The Labute approximate surface area is 98.7 Å². The van der Waals surface area contributed by atoms with Crippen molar-refractivity contribution < 1.29 is 9.90 Å². The van der Waals surface area contributed by atoms with Crippen molar-refractivity contribution in [2.24, 2.45) is 7.05 Å². The number of carboxylic acid groups (broad SMARTS) is 1. The predicted octanol–water partition coefficient (Wildman–Crippen LogP) is 2.03. The van der Waals surface area contributed by atoms with Gasteiger partial charge in [0.1, 0.15) is 5.69 Å². The normalized spacial score (nSPS) is 17.0. The van der Waals surface area contributed by atoms with E-state index in [0.717, 1.165) is 5.69 Å². The van der Waals surface area contributed by atoms with Gasteiger partial charge in [-0.15, -0.1) is 0 Å². The summed E-state index contributed by atoms with van der Waals surface area (Å²) in [5.74, 6) is 0.355. The van der Waals surface area contributed by atoms with Crippen molar-refractivity contribution in [1.82, 2.24) is 14.0 Å². The predicted molar refractivity (Wildman–Crippen MR) is 62.3 cm³/mol. The third-order valence-electron chi connectivity index (χ3n) is 3.65. The SMILES string of the molecule is Cn1c(C(=O)O)cn2cc(C3CCCC3)nc12. The number of aryl methyl sites for hydroxylation is 1. The summed E-state index contributed by atoms with van der Waals surface area (Å²) < 4.78 is 3.44. The lowest BCUT2D eigenvalue weighted by atomic mass is 10.1. The first-order valence-electron chi connectivity index (χ1n) is 5.94. The quantitative estimate of drug-likeness (QED) is 0.863. The van der Waals surface area contributed by atoms with Crippen LogP contribution in [0.5, 0.6) is 0 Å². The molecule has 0 amide bonds. The van der Waals surface area contributed by atoms with Gasteiger partial charge in [-0.3, -0.25) is 4.40 Å². The van der Waals surface area contributed by atoms with Crippen LogP contribution in [0.25, 0.3) is 5.78 Å². The van der Waals surface area contributed by atoms with Gasteiger partial charge in [-0.25, -0.2) is 9.78 Å². The summed E-state index contributed by atoms with van der Waals surface area (Å²) in [4.78, 5) is 15.5. The second-order valence-corrected chi connectivity index (χ2v) is 4.73. The van der Waals surface area contributed by atoms with Crippen molar-refractivity contribution >= 4 is 11.7 Å². The van der Waals surface area contributed by atoms with E-state index in [0.29, 0.717) is 11.7 Å². The molecular weight excluding hydrogens is 218 g/mol. The first-order chi connectivity index (χ1) is 8.16. The molecular formula is C12H15N3O2. The van der Waals surface area contributed by atoms with Crippen molar-refractivity contribution in [2.75, 3.05) is 0 Å². The highest BCUT2D eigenvalue weighted by atomic mass is 16.4. The van der Waals surface area contributed by atoms with Gasteiger partial charge in [0.05, 0.1) is 5.69 Å². The second kappa shape index (κ2) is 3.61. The third-order valence-corrected chi connectivity index (χ3v) is 3.65. The maximum absolute atomic E-state index is 11.0. The third kappa shape index (κ3) is 1.53. The highest BCUT2D eigenvalue weighted by Crippen LogP contribution is 2.33. The van der Waals surface area contributed by atoms with Crippen LogP contribution in [-0.2, 0) is 7.05 Å². The lowest BCUT2D eigenvalue weighted by Gasteiger charge is -2.03. The molecule has 0 saturated heterocycles. The molecule has 1 fully saturated rings. The monoisotopic (exact) mass is 233 g/mol. The van der Waals surface area contributed by atoms with Gasteiger partial charge in [0, 0.05) is 25.4 Å². The first-order valence-corrected chi connectivity index (χ1v) is 5.94. The number of carbonyl (C=O) groups is 1. The Morgan fingerprint density at radius 3 is 2.71 bits per heavy atom. The van der Waals surface area contributed by atoms with Crippen molar-refractivity contribution in [3.63, 3.8) is 0 Å². The number of rotatable bonds is 2. The smallest absolute Gasteiger partial charge is 0.354 e. The Hall–Kier alpha value is -1.78. The molecule has 0 bridgehead atoms. The number of fused-ring (bicyclic) bond motifs is 1. The molecule has 1 saturated carbocycles. The summed E-state index contributed by atoms with van der Waals surface area (Å²) in [6, 6.07) is 0. The average Bonchev–Trinajstić information content (AvgIpc) is 2.94. The van der Waals surface area contributed by atoms with Crippen LogP contribution in [0.2, 0.25) is 0 Å². The van der Waals surface area contributed by atoms with Crippen LogP contribution in [0.4, 0.5) is 0 Å². The largest absolute Gasteiger partial charge is 0.477 e. The molecule has 5 nitrogen and oxygen atoms in total. The van der Waals surface area contributed by atoms with E-state index in [9.17, 15) is 4.79 Å².